The van der Waals surface area contributed by atoms with E-state index in [-0.39, 0.29) is 17.3 Å². The number of nitrogens with two attached hydrogens (primary N) is 1. The van der Waals surface area contributed by atoms with Crippen molar-refractivity contribution in [1.29, 1.82) is 0 Å². The number of sulfonamides is 1. The number of para-hydroxylation sites is 1. The zero-order chi connectivity index (χ0) is 24.1. The molecule has 0 aliphatic carbocycles. The van der Waals surface area contributed by atoms with Gasteiger partial charge in [-0.2, -0.15) is 4.98 Å². The molecule has 0 saturated carbocycles. The number of aryl methyl sites for hydroxylation is 1. The Labute approximate surface area is 196 Å². The molecule has 2 heterocycles. The quantitative estimate of drug-likeness (QED) is 0.348. The minimum atomic E-state index is -3.74. The molecule has 3 N–H and O–H groups in total. The van der Waals surface area contributed by atoms with Gasteiger partial charge in [-0.1, -0.05) is 30.3 Å². The smallest absolute Gasteiger partial charge is 0.306 e. The molecule has 0 aliphatic rings. The average Bonchev–Trinajstić information content (AvgIpc) is 3.19. The van der Waals surface area contributed by atoms with Gasteiger partial charge in [0.05, 0.1) is 24.1 Å². The summed E-state index contributed by atoms with van der Waals surface area (Å²) in [6, 6.07) is 15.9. The maximum atomic E-state index is 11.9. The minimum Gasteiger partial charge on any atom is -0.466 e. The van der Waals surface area contributed by atoms with E-state index in [0.717, 1.165) is 11.3 Å². The van der Waals surface area contributed by atoms with Crippen LogP contribution >= 0.6 is 0 Å². The Hall–Kier alpha value is -3.83. The van der Waals surface area contributed by atoms with Gasteiger partial charge in [0.1, 0.15) is 11.3 Å². The lowest BCUT2D eigenvalue weighted by molar-refractivity contribution is -0.143. The second-order valence-corrected chi connectivity index (χ2v) is 9.01. The lowest BCUT2D eigenvalue weighted by Gasteiger charge is -2.10. The van der Waals surface area contributed by atoms with Gasteiger partial charge in [-0.3, -0.25) is 9.36 Å². The molecule has 4 aromatic rings. The van der Waals surface area contributed by atoms with Gasteiger partial charge < -0.3 is 10.1 Å². The van der Waals surface area contributed by atoms with Crippen LogP contribution in [-0.4, -0.2) is 40.5 Å². The number of primary sulfonamides is 1. The van der Waals surface area contributed by atoms with Crippen molar-refractivity contribution in [3.8, 4) is 5.69 Å². The molecular formula is C23H24N6O4S. The highest BCUT2D eigenvalue weighted by molar-refractivity contribution is 7.89. The summed E-state index contributed by atoms with van der Waals surface area (Å²) in [6.07, 6.45) is 2.22. The lowest BCUT2D eigenvalue weighted by atomic mass is 10.2. The molecule has 11 heteroatoms. The molecule has 2 aromatic heterocycles. The van der Waals surface area contributed by atoms with Gasteiger partial charge in [0.2, 0.25) is 16.0 Å². The number of nitrogens with one attached hydrogen (secondary N) is 1. The van der Waals surface area contributed by atoms with E-state index in [1.165, 1.54) is 12.1 Å². The van der Waals surface area contributed by atoms with Crippen LogP contribution in [0.5, 0.6) is 0 Å². The molecule has 0 aliphatic heterocycles. The zero-order valence-corrected chi connectivity index (χ0v) is 19.3. The van der Waals surface area contributed by atoms with Crippen molar-refractivity contribution in [2.45, 2.75) is 31.2 Å². The Morgan fingerprint density at radius 2 is 1.82 bits per heavy atom. The van der Waals surface area contributed by atoms with Crippen molar-refractivity contribution in [2.24, 2.45) is 5.14 Å². The monoisotopic (exact) mass is 480 g/mol. The number of rotatable bonds is 9. The first-order valence-electron chi connectivity index (χ1n) is 10.7. The number of aromatic nitrogens is 4. The molecule has 0 atom stereocenters. The number of hydrogen-bond acceptors (Lipinski definition) is 8. The molecule has 176 valence electrons. The fourth-order valence-corrected chi connectivity index (χ4v) is 3.96. The van der Waals surface area contributed by atoms with E-state index in [2.05, 4.69) is 20.3 Å². The summed E-state index contributed by atoms with van der Waals surface area (Å²) in [5, 5.41) is 8.29. The fraction of sp³-hybridized carbons (Fsp3) is 0.217. The van der Waals surface area contributed by atoms with E-state index in [1.54, 1.807) is 25.3 Å². The van der Waals surface area contributed by atoms with Crippen LogP contribution in [0.2, 0.25) is 0 Å². The van der Waals surface area contributed by atoms with Crippen molar-refractivity contribution >= 4 is 33.1 Å². The topological polar surface area (TPSA) is 142 Å². The summed E-state index contributed by atoms with van der Waals surface area (Å²) in [5.41, 5.74) is 2.91. The van der Waals surface area contributed by atoms with Gasteiger partial charge in [-0.25, -0.2) is 23.5 Å². The number of hydrogen-bond donors (Lipinski definition) is 2. The predicted molar refractivity (Wildman–Crippen MR) is 127 cm³/mol. The standard InChI is InChI=1S/C23H24N6O4S/c1-2-33-21(30)13-12-20-27-19-15-26-23(28-22(19)29(20)17-6-4-3-5-7-17)25-14-16-8-10-18(11-9-16)34(24,31)32/h3-11,15H,2,12-14H2,1H3,(H2,24,31,32)(H,25,26,28). The second kappa shape index (κ2) is 9.98. The summed E-state index contributed by atoms with van der Waals surface area (Å²) in [6.45, 7) is 2.49. The molecule has 0 saturated heterocycles. The molecule has 0 bridgehead atoms. The molecule has 0 spiro atoms. The Balaban J connectivity index is 1.61. The number of fused-ring (bicyclic) bond motifs is 1. The van der Waals surface area contributed by atoms with Gasteiger partial charge in [0.25, 0.3) is 0 Å². The van der Waals surface area contributed by atoms with E-state index in [1.807, 2.05) is 34.9 Å². The summed E-state index contributed by atoms with van der Waals surface area (Å²) in [5.74, 6) is 0.785. The minimum absolute atomic E-state index is 0.0519. The van der Waals surface area contributed by atoms with Crippen LogP contribution in [-0.2, 0) is 32.5 Å². The van der Waals surface area contributed by atoms with Gasteiger partial charge in [-0.05, 0) is 36.8 Å². The SMILES string of the molecule is CCOC(=O)CCc1nc2cnc(NCc3ccc(S(N)(=O)=O)cc3)nc2n1-c1ccccc1. The van der Waals surface area contributed by atoms with Gasteiger partial charge in [0.15, 0.2) is 5.65 Å². The maximum absolute atomic E-state index is 11.9. The van der Waals surface area contributed by atoms with E-state index >= 15 is 0 Å². The number of anilines is 1. The summed E-state index contributed by atoms with van der Waals surface area (Å²) < 4.78 is 29.8. The predicted octanol–water partition coefficient (Wildman–Crippen LogP) is 2.57. The van der Waals surface area contributed by atoms with Gasteiger partial charge in [0, 0.05) is 18.7 Å². The normalized spacial score (nSPS) is 11.5. The van der Waals surface area contributed by atoms with Crippen LogP contribution < -0.4 is 10.5 Å². The lowest BCUT2D eigenvalue weighted by Crippen LogP contribution is -2.12. The highest BCUT2D eigenvalue weighted by atomic mass is 32.2. The van der Waals surface area contributed by atoms with Crippen LogP contribution in [0.4, 0.5) is 5.95 Å². The molecule has 2 aromatic carbocycles. The van der Waals surface area contributed by atoms with Crippen LogP contribution in [0.15, 0.2) is 65.7 Å². The van der Waals surface area contributed by atoms with Crippen molar-refractivity contribution in [3.05, 3.63) is 72.2 Å². The molecule has 34 heavy (non-hydrogen) atoms. The van der Waals surface area contributed by atoms with Crippen LogP contribution in [0.25, 0.3) is 16.9 Å². The van der Waals surface area contributed by atoms with Crippen molar-refractivity contribution < 1.29 is 17.9 Å². The van der Waals surface area contributed by atoms with E-state index in [9.17, 15) is 13.2 Å². The number of carbonyl (C=O) groups excluding carboxylic acids is 1. The van der Waals surface area contributed by atoms with Crippen molar-refractivity contribution in [3.63, 3.8) is 0 Å². The number of imidazole rings is 1. The van der Waals surface area contributed by atoms with Crippen LogP contribution in [0.3, 0.4) is 0 Å². The number of ether oxygens (including phenoxy) is 1. The largest absolute Gasteiger partial charge is 0.466 e. The van der Waals surface area contributed by atoms with Gasteiger partial charge in [-0.15, -0.1) is 0 Å². The molecule has 0 radical (unpaired) electrons. The van der Waals surface area contributed by atoms with Crippen LogP contribution in [0, 0.1) is 0 Å². The first-order chi connectivity index (χ1) is 16.3. The highest BCUT2D eigenvalue weighted by Gasteiger charge is 2.16. The fourth-order valence-electron chi connectivity index (χ4n) is 3.45. The Kier molecular flexibility index (Phi) is 6.85. The zero-order valence-electron chi connectivity index (χ0n) is 18.5. The van der Waals surface area contributed by atoms with Crippen molar-refractivity contribution in [2.75, 3.05) is 11.9 Å². The Bertz CT molecular complexity index is 1400. The molecule has 0 fully saturated rings. The Morgan fingerprint density at radius 1 is 1.09 bits per heavy atom. The third kappa shape index (κ3) is 5.38. The number of esters is 1. The molecule has 0 amide bonds. The average molecular weight is 481 g/mol. The number of benzene rings is 2. The molecular weight excluding hydrogens is 456 g/mol. The maximum Gasteiger partial charge on any atom is 0.306 e. The third-order valence-corrected chi connectivity index (χ3v) is 5.97. The Morgan fingerprint density at radius 3 is 2.50 bits per heavy atom. The molecule has 4 rings (SSSR count). The number of nitrogens with zero attached hydrogens (tertiary/aromatic N) is 4. The van der Waals surface area contributed by atoms with Gasteiger partial charge >= 0.3 is 5.97 Å². The third-order valence-electron chi connectivity index (χ3n) is 5.04. The highest BCUT2D eigenvalue weighted by Crippen LogP contribution is 2.22. The van der Waals surface area contributed by atoms with Crippen molar-refractivity contribution in [1.82, 2.24) is 19.5 Å². The first-order valence-corrected chi connectivity index (χ1v) is 12.2. The summed E-state index contributed by atoms with van der Waals surface area (Å²) in [4.78, 5) is 25.6. The summed E-state index contributed by atoms with van der Waals surface area (Å²) in [7, 11) is -3.74. The first kappa shape index (κ1) is 23.3. The van der Waals surface area contributed by atoms with E-state index in [4.69, 9.17) is 9.88 Å². The van der Waals surface area contributed by atoms with E-state index in [0.29, 0.717) is 42.5 Å². The summed E-state index contributed by atoms with van der Waals surface area (Å²) >= 11 is 0. The number of carbonyl (C=O) groups is 1. The van der Waals surface area contributed by atoms with E-state index < -0.39 is 10.0 Å². The van der Waals surface area contributed by atoms with Crippen LogP contribution in [0.1, 0.15) is 24.7 Å². The molecule has 10 nitrogen and oxygen atoms in total. The second-order valence-electron chi connectivity index (χ2n) is 7.45. The molecule has 0 unspecified atom stereocenters.